The molecule has 0 aromatic heterocycles. The zero-order valence-electron chi connectivity index (χ0n) is 12.4. The van der Waals surface area contributed by atoms with Crippen LogP contribution in [0.3, 0.4) is 0 Å². The van der Waals surface area contributed by atoms with Crippen molar-refractivity contribution in [2.24, 2.45) is 11.8 Å². The lowest BCUT2D eigenvalue weighted by Crippen LogP contribution is -2.02. The summed E-state index contributed by atoms with van der Waals surface area (Å²) in [6.45, 7) is 4.48. The molecule has 0 bridgehead atoms. The maximum absolute atomic E-state index is 10.3. The zero-order chi connectivity index (χ0) is 13.7. The van der Waals surface area contributed by atoms with Gasteiger partial charge in [0.05, 0.1) is 6.10 Å². The molecule has 1 aliphatic rings. The van der Waals surface area contributed by atoms with Crippen LogP contribution in [-0.2, 0) is 6.42 Å². The Morgan fingerprint density at radius 3 is 2.32 bits per heavy atom. The quantitative estimate of drug-likeness (QED) is 0.772. The lowest BCUT2D eigenvalue weighted by molar-refractivity contribution is 0.157. The van der Waals surface area contributed by atoms with Crippen molar-refractivity contribution < 1.29 is 5.11 Å². The van der Waals surface area contributed by atoms with Crippen molar-refractivity contribution in [3.8, 4) is 0 Å². The summed E-state index contributed by atoms with van der Waals surface area (Å²) in [5, 5.41) is 10.3. The molecule has 0 amide bonds. The van der Waals surface area contributed by atoms with E-state index in [1.807, 2.05) is 0 Å². The van der Waals surface area contributed by atoms with Gasteiger partial charge in [-0.25, -0.2) is 0 Å². The fourth-order valence-corrected chi connectivity index (χ4v) is 3.21. The van der Waals surface area contributed by atoms with Gasteiger partial charge in [-0.2, -0.15) is 0 Å². The average Bonchev–Trinajstić information content (AvgIpc) is 2.89. The molecule has 2 rings (SSSR count). The number of aliphatic hydroxyl groups is 1. The topological polar surface area (TPSA) is 20.2 Å². The van der Waals surface area contributed by atoms with Crippen LogP contribution in [0.15, 0.2) is 24.3 Å². The van der Waals surface area contributed by atoms with E-state index >= 15 is 0 Å². The molecule has 106 valence electrons. The van der Waals surface area contributed by atoms with Crippen molar-refractivity contribution in [1.29, 1.82) is 0 Å². The summed E-state index contributed by atoms with van der Waals surface area (Å²) in [7, 11) is 0. The molecule has 1 aromatic carbocycles. The molecule has 0 heterocycles. The molecule has 1 fully saturated rings. The Labute approximate surface area is 118 Å². The summed E-state index contributed by atoms with van der Waals surface area (Å²) in [4.78, 5) is 0. The third-order valence-corrected chi connectivity index (χ3v) is 4.33. The van der Waals surface area contributed by atoms with E-state index < -0.39 is 0 Å². The van der Waals surface area contributed by atoms with E-state index in [2.05, 4.69) is 38.1 Å². The molecule has 1 saturated carbocycles. The molecule has 0 saturated heterocycles. The summed E-state index contributed by atoms with van der Waals surface area (Å²) < 4.78 is 0. The molecule has 1 atom stereocenters. The normalized spacial score (nSPS) is 18.1. The molecule has 1 unspecified atom stereocenters. The van der Waals surface area contributed by atoms with Crippen LogP contribution in [0.25, 0.3) is 0 Å². The predicted molar refractivity (Wildman–Crippen MR) is 81.1 cm³/mol. The van der Waals surface area contributed by atoms with E-state index in [9.17, 15) is 5.11 Å². The first-order chi connectivity index (χ1) is 9.15. The van der Waals surface area contributed by atoms with Crippen molar-refractivity contribution in [2.45, 2.75) is 64.9 Å². The highest BCUT2D eigenvalue weighted by molar-refractivity contribution is 5.24. The number of hydrogen-bond acceptors (Lipinski definition) is 1. The van der Waals surface area contributed by atoms with Gasteiger partial charge in [0, 0.05) is 0 Å². The van der Waals surface area contributed by atoms with Gasteiger partial charge in [0.25, 0.3) is 0 Å². The van der Waals surface area contributed by atoms with Crippen molar-refractivity contribution in [2.75, 3.05) is 0 Å². The standard InChI is InChI=1S/C18H28O/c1-14(2)13-16-7-10-17(11-8-16)18(19)12-9-15-5-3-4-6-15/h7-8,10-11,14-15,18-19H,3-6,9,12-13H2,1-2H3. The molecule has 0 spiro atoms. The Morgan fingerprint density at radius 1 is 1.11 bits per heavy atom. The molecule has 1 heteroatoms. The average molecular weight is 260 g/mol. The number of hydrogen-bond donors (Lipinski definition) is 1. The third kappa shape index (κ3) is 4.65. The summed E-state index contributed by atoms with van der Waals surface area (Å²) in [5.41, 5.74) is 2.47. The first kappa shape index (κ1) is 14.6. The smallest absolute Gasteiger partial charge is 0.0790 e. The Kier molecular flexibility index (Phi) is 5.45. The molecule has 19 heavy (non-hydrogen) atoms. The number of rotatable bonds is 6. The first-order valence-corrected chi connectivity index (χ1v) is 7.92. The monoisotopic (exact) mass is 260 g/mol. The molecule has 0 radical (unpaired) electrons. The highest BCUT2D eigenvalue weighted by Gasteiger charge is 2.17. The van der Waals surface area contributed by atoms with Crippen LogP contribution in [0.1, 0.15) is 69.6 Å². The Morgan fingerprint density at radius 2 is 1.74 bits per heavy atom. The second-order valence-corrected chi connectivity index (χ2v) is 6.58. The molecule has 0 aliphatic heterocycles. The van der Waals surface area contributed by atoms with Gasteiger partial charge in [0.15, 0.2) is 0 Å². The van der Waals surface area contributed by atoms with Gasteiger partial charge in [-0.15, -0.1) is 0 Å². The highest BCUT2D eigenvalue weighted by atomic mass is 16.3. The van der Waals surface area contributed by atoms with Crippen LogP contribution in [0.2, 0.25) is 0 Å². The van der Waals surface area contributed by atoms with E-state index in [1.165, 1.54) is 37.7 Å². The van der Waals surface area contributed by atoms with E-state index in [0.717, 1.165) is 24.3 Å². The zero-order valence-corrected chi connectivity index (χ0v) is 12.4. The molecule has 1 aromatic rings. The minimum Gasteiger partial charge on any atom is -0.388 e. The van der Waals surface area contributed by atoms with Crippen LogP contribution in [0.4, 0.5) is 0 Å². The van der Waals surface area contributed by atoms with E-state index in [4.69, 9.17) is 0 Å². The van der Waals surface area contributed by atoms with Crippen LogP contribution in [0.5, 0.6) is 0 Å². The van der Waals surface area contributed by atoms with E-state index in [-0.39, 0.29) is 6.10 Å². The van der Waals surface area contributed by atoms with Crippen molar-refractivity contribution in [1.82, 2.24) is 0 Å². The van der Waals surface area contributed by atoms with Crippen molar-refractivity contribution in [3.05, 3.63) is 35.4 Å². The van der Waals surface area contributed by atoms with Crippen LogP contribution in [-0.4, -0.2) is 5.11 Å². The minimum absolute atomic E-state index is 0.270. The molecule has 1 N–H and O–H groups in total. The first-order valence-electron chi connectivity index (χ1n) is 7.92. The lowest BCUT2D eigenvalue weighted by atomic mass is 9.95. The maximum atomic E-state index is 10.3. The van der Waals surface area contributed by atoms with Gasteiger partial charge >= 0.3 is 0 Å². The number of aliphatic hydroxyl groups excluding tert-OH is 1. The summed E-state index contributed by atoms with van der Waals surface area (Å²) >= 11 is 0. The Hall–Kier alpha value is -0.820. The second kappa shape index (κ2) is 7.09. The molecule has 1 nitrogen and oxygen atoms in total. The Balaban J connectivity index is 1.82. The maximum Gasteiger partial charge on any atom is 0.0790 e. The van der Waals surface area contributed by atoms with Crippen LogP contribution >= 0.6 is 0 Å². The lowest BCUT2D eigenvalue weighted by Gasteiger charge is -2.15. The summed E-state index contributed by atoms with van der Waals surface area (Å²) in [5.74, 6) is 1.56. The second-order valence-electron chi connectivity index (χ2n) is 6.58. The van der Waals surface area contributed by atoms with Gasteiger partial charge in [0.2, 0.25) is 0 Å². The van der Waals surface area contributed by atoms with E-state index in [1.54, 1.807) is 0 Å². The van der Waals surface area contributed by atoms with Crippen molar-refractivity contribution in [3.63, 3.8) is 0 Å². The largest absolute Gasteiger partial charge is 0.388 e. The van der Waals surface area contributed by atoms with E-state index in [0.29, 0.717) is 5.92 Å². The molecular formula is C18H28O. The predicted octanol–water partition coefficient (Wildman–Crippen LogP) is 4.89. The molecular weight excluding hydrogens is 232 g/mol. The van der Waals surface area contributed by atoms with Crippen molar-refractivity contribution >= 4 is 0 Å². The Bertz CT molecular complexity index is 360. The summed E-state index contributed by atoms with van der Waals surface area (Å²) in [6, 6.07) is 8.57. The van der Waals surface area contributed by atoms with Crippen LogP contribution in [0, 0.1) is 11.8 Å². The molecule has 1 aliphatic carbocycles. The SMILES string of the molecule is CC(C)Cc1ccc(C(O)CCC2CCCC2)cc1. The minimum atomic E-state index is -0.270. The fraction of sp³-hybridized carbons (Fsp3) is 0.667. The number of benzene rings is 1. The van der Waals surface area contributed by atoms with Gasteiger partial charge < -0.3 is 5.11 Å². The van der Waals surface area contributed by atoms with Gasteiger partial charge in [-0.3, -0.25) is 0 Å². The van der Waals surface area contributed by atoms with Crippen LogP contribution < -0.4 is 0 Å². The van der Waals surface area contributed by atoms with Gasteiger partial charge in [-0.05, 0) is 42.2 Å². The van der Waals surface area contributed by atoms with Gasteiger partial charge in [0.1, 0.15) is 0 Å². The fourth-order valence-electron chi connectivity index (χ4n) is 3.21. The third-order valence-electron chi connectivity index (χ3n) is 4.33. The van der Waals surface area contributed by atoms with Gasteiger partial charge in [-0.1, -0.05) is 63.8 Å². The highest BCUT2D eigenvalue weighted by Crippen LogP contribution is 2.31. The summed E-state index contributed by atoms with van der Waals surface area (Å²) in [6.07, 6.45) is 8.51.